The Bertz CT molecular complexity index is 1110. The second kappa shape index (κ2) is 8.75. The number of rotatable bonds is 7. The van der Waals surface area contributed by atoms with Crippen LogP contribution < -0.4 is 10.6 Å². The standard InChI is InChI=1S/C19H18ClN3O5S/c20-14-8-4-13(5-9-14)19-18(12-6-10-15(11-7-12)29(21,26)27)22-17(28-19)3-1-2-16(24)23-25/h4-11,25H,1-3H2,(H,23,24)(H2,21,26,27). The van der Waals surface area contributed by atoms with E-state index in [-0.39, 0.29) is 11.3 Å². The molecule has 0 saturated heterocycles. The Labute approximate surface area is 172 Å². The van der Waals surface area contributed by atoms with Crippen molar-refractivity contribution in [1.29, 1.82) is 0 Å². The molecule has 10 heteroatoms. The number of aryl methyl sites for hydroxylation is 1. The maximum atomic E-state index is 11.5. The van der Waals surface area contributed by atoms with Gasteiger partial charge in [0.2, 0.25) is 15.9 Å². The highest BCUT2D eigenvalue weighted by molar-refractivity contribution is 7.89. The number of nitrogens with zero attached hydrogens (tertiary/aromatic N) is 1. The van der Waals surface area contributed by atoms with Crippen LogP contribution in [0.4, 0.5) is 0 Å². The van der Waals surface area contributed by atoms with Gasteiger partial charge in [-0.2, -0.15) is 0 Å². The zero-order valence-electron chi connectivity index (χ0n) is 15.1. The van der Waals surface area contributed by atoms with Gasteiger partial charge in [0.05, 0.1) is 4.90 Å². The van der Waals surface area contributed by atoms with Gasteiger partial charge < -0.3 is 4.42 Å². The Kier molecular flexibility index (Phi) is 6.33. The fraction of sp³-hybridized carbons (Fsp3) is 0.158. The van der Waals surface area contributed by atoms with E-state index in [1.165, 1.54) is 12.1 Å². The van der Waals surface area contributed by atoms with Crippen molar-refractivity contribution >= 4 is 27.5 Å². The molecule has 0 unspecified atom stereocenters. The minimum absolute atomic E-state index is 0.00646. The molecule has 3 rings (SSSR count). The number of primary sulfonamides is 1. The first-order valence-corrected chi connectivity index (χ1v) is 10.5. The average Bonchev–Trinajstić information content (AvgIpc) is 3.12. The van der Waals surface area contributed by atoms with Gasteiger partial charge in [0.1, 0.15) is 5.69 Å². The number of carbonyl (C=O) groups is 1. The van der Waals surface area contributed by atoms with Crippen LogP contribution in [0.1, 0.15) is 18.7 Å². The number of nitrogens with one attached hydrogen (secondary N) is 1. The van der Waals surface area contributed by atoms with Crippen LogP contribution >= 0.6 is 11.6 Å². The molecule has 3 aromatic rings. The molecule has 29 heavy (non-hydrogen) atoms. The SMILES string of the molecule is NS(=O)(=O)c1ccc(-c2nc(CCCC(=O)NO)oc2-c2ccc(Cl)cc2)cc1. The normalized spacial score (nSPS) is 11.4. The summed E-state index contributed by atoms with van der Waals surface area (Å²) < 4.78 is 28.9. The summed E-state index contributed by atoms with van der Waals surface area (Å²) in [4.78, 5) is 15.7. The summed E-state index contributed by atoms with van der Waals surface area (Å²) in [6.07, 6.45) is 0.924. The predicted molar refractivity (Wildman–Crippen MR) is 107 cm³/mol. The number of halogens is 1. The van der Waals surface area contributed by atoms with Crippen LogP contribution in [0.15, 0.2) is 57.8 Å². The van der Waals surface area contributed by atoms with E-state index in [4.69, 9.17) is 26.4 Å². The van der Waals surface area contributed by atoms with Gasteiger partial charge in [-0.15, -0.1) is 0 Å². The molecule has 0 bridgehead atoms. The van der Waals surface area contributed by atoms with E-state index < -0.39 is 15.9 Å². The molecular weight excluding hydrogens is 418 g/mol. The van der Waals surface area contributed by atoms with E-state index >= 15 is 0 Å². The van der Waals surface area contributed by atoms with E-state index in [1.807, 2.05) is 0 Å². The first-order valence-electron chi connectivity index (χ1n) is 8.60. The Hall–Kier alpha value is -2.72. The summed E-state index contributed by atoms with van der Waals surface area (Å²) in [5.41, 5.74) is 3.49. The Morgan fingerprint density at radius 3 is 2.31 bits per heavy atom. The average molecular weight is 436 g/mol. The van der Waals surface area contributed by atoms with E-state index in [2.05, 4.69) is 4.98 Å². The maximum Gasteiger partial charge on any atom is 0.243 e. The molecule has 0 aliphatic rings. The van der Waals surface area contributed by atoms with Gasteiger partial charge in [0.15, 0.2) is 11.7 Å². The van der Waals surface area contributed by atoms with Crippen LogP contribution in [0.25, 0.3) is 22.6 Å². The quantitative estimate of drug-likeness (QED) is 0.385. The first-order chi connectivity index (χ1) is 13.8. The van der Waals surface area contributed by atoms with E-state index in [9.17, 15) is 13.2 Å². The fourth-order valence-corrected chi connectivity index (χ4v) is 3.36. The van der Waals surface area contributed by atoms with Gasteiger partial charge in [-0.25, -0.2) is 24.0 Å². The number of sulfonamides is 1. The summed E-state index contributed by atoms with van der Waals surface area (Å²) in [7, 11) is -3.80. The molecular formula is C19H18ClN3O5S. The van der Waals surface area contributed by atoms with Crippen molar-refractivity contribution in [3.8, 4) is 22.6 Å². The minimum Gasteiger partial charge on any atom is -0.440 e. The number of oxazole rings is 1. The molecule has 2 aromatic carbocycles. The third-order valence-corrected chi connectivity index (χ3v) is 5.33. The van der Waals surface area contributed by atoms with Crippen LogP contribution in [0.5, 0.6) is 0 Å². The molecule has 0 saturated carbocycles. The van der Waals surface area contributed by atoms with Crippen LogP contribution in [-0.2, 0) is 21.2 Å². The summed E-state index contributed by atoms with van der Waals surface area (Å²) >= 11 is 5.96. The highest BCUT2D eigenvalue weighted by atomic mass is 35.5. The van der Waals surface area contributed by atoms with Crippen LogP contribution in [-0.4, -0.2) is 24.5 Å². The third kappa shape index (κ3) is 5.21. The lowest BCUT2D eigenvalue weighted by molar-refractivity contribution is -0.129. The molecule has 0 atom stereocenters. The van der Waals surface area contributed by atoms with E-state index in [1.54, 1.807) is 41.9 Å². The van der Waals surface area contributed by atoms with Crippen LogP contribution in [0.3, 0.4) is 0 Å². The maximum absolute atomic E-state index is 11.5. The molecule has 0 aliphatic carbocycles. The van der Waals surface area contributed by atoms with Crippen molar-refractivity contribution in [3.05, 3.63) is 59.4 Å². The second-order valence-electron chi connectivity index (χ2n) is 6.25. The number of hydrogen-bond acceptors (Lipinski definition) is 6. The van der Waals surface area contributed by atoms with Gasteiger partial charge in [0.25, 0.3) is 0 Å². The number of nitrogens with two attached hydrogens (primary N) is 1. The molecule has 152 valence electrons. The molecule has 0 fully saturated rings. The second-order valence-corrected chi connectivity index (χ2v) is 8.25. The van der Waals surface area contributed by atoms with Crippen LogP contribution in [0.2, 0.25) is 5.02 Å². The zero-order chi connectivity index (χ0) is 21.0. The molecule has 4 N–H and O–H groups in total. The van der Waals surface area contributed by atoms with Gasteiger partial charge in [-0.3, -0.25) is 10.0 Å². The number of hydrogen-bond donors (Lipinski definition) is 3. The van der Waals surface area contributed by atoms with Crippen molar-refractivity contribution in [2.45, 2.75) is 24.2 Å². The lowest BCUT2D eigenvalue weighted by atomic mass is 10.1. The zero-order valence-corrected chi connectivity index (χ0v) is 16.7. The molecule has 0 radical (unpaired) electrons. The van der Waals surface area contributed by atoms with Gasteiger partial charge in [-0.05, 0) is 42.8 Å². The third-order valence-electron chi connectivity index (χ3n) is 4.15. The number of amides is 1. The molecule has 1 heterocycles. The Morgan fingerprint density at radius 1 is 1.10 bits per heavy atom. The number of carbonyl (C=O) groups excluding carboxylic acids is 1. The summed E-state index contributed by atoms with van der Waals surface area (Å²) in [5, 5.41) is 14.3. The monoisotopic (exact) mass is 435 g/mol. The Balaban J connectivity index is 1.97. The van der Waals surface area contributed by atoms with Crippen molar-refractivity contribution in [3.63, 3.8) is 0 Å². The summed E-state index contributed by atoms with van der Waals surface area (Å²) in [5.74, 6) is 0.408. The van der Waals surface area contributed by atoms with Gasteiger partial charge in [-0.1, -0.05) is 23.7 Å². The van der Waals surface area contributed by atoms with E-state index in [0.29, 0.717) is 40.8 Å². The lowest BCUT2D eigenvalue weighted by Gasteiger charge is -2.03. The minimum atomic E-state index is -3.80. The first kappa shape index (κ1) is 21.0. The van der Waals surface area contributed by atoms with Crippen molar-refractivity contribution < 1.29 is 22.8 Å². The van der Waals surface area contributed by atoms with Crippen molar-refractivity contribution in [1.82, 2.24) is 10.5 Å². The van der Waals surface area contributed by atoms with Crippen LogP contribution in [0, 0.1) is 0 Å². The smallest absolute Gasteiger partial charge is 0.243 e. The van der Waals surface area contributed by atoms with Crippen molar-refractivity contribution in [2.75, 3.05) is 0 Å². The number of aromatic nitrogens is 1. The molecule has 1 amide bonds. The predicted octanol–water partition coefficient (Wildman–Crippen LogP) is 3.14. The lowest BCUT2D eigenvalue weighted by Crippen LogP contribution is -2.18. The molecule has 0 aliphatic heterocycles. The topological polar surface area (TPSA) is 136 Å². The number of benzene rings is 2. The highest BCUT2D eigenvalue weighted by Gasteiger charge is 2.18. The van der Waals surface area contributed by atoms with E-state index in [0.717, 1.165) is 5.56 Å². The summed E-state index contributed by atoms with van der Waals surface area (Å²) in [6.45, 7) is 0. The fourth-order valence-electron chi connectivity index (χ4n) is 2.72. The molecule has 1 aromatic heterocycles. The number of hydroxylamine groups is 1. The van der Waals surface area contributed by atoms with Crippen molar-refractivity contribution in [2.24, 2.45) is 5.14 Å². The van der Waals surface area contributed by atoms with Gasteiger partial charge >= 0.3 is 0 Å². The highest BCUT2D eigenvalue weighted by Crippen LogP contribution is 2.34. The summed E-state index contributed by atoms with van der Waals surface area (Å²) in [6, 6.07) is 13.0. The largest absolute Gasteiger partial charge is 0.440 e. The molecule has 8 nitrogen and oxygen atoms in total. The van der Waals surface area contributed by atoms with Gasteiger partial charge in [0, 0.05) is 29.0 Å². The Morgan fingerprint density at radius 2 is 1.72 bits per heavy atom. The molecule has 0 spiro atoms.